The Labute approximate surface area is 649 Å². The second kappa shape index (κ2) is 39.6. The third-order valence-electron chi connectivity index (χ3n) is 13.5. The molecule has 11 aromatic rings. The Kier molecular flexibility index (Phi) is 30.0. The second-order valence-electron chi connectivity index (χ2n) is 21.2. The number of amides is 12. The lowest BCUT2D eigenvalue weighted by Gasteiger charge is -2.08. The molecule has 0 aliphatic heterocycles. The van der Waals surface area contributed by atoms with E-state index in [4.69, 9.17) is 9.47 Å². The molecular weight excluding hydrogens is 1580 g/mol. The van der Waals surface area contributed by atoms with Crippen LogP contribution in [0.15, 0.2) is 125 Å². The van der Waals surface area contributed by atoms with Crippen LogP contribution in [-0.2, 0) is 25.1 Å². The topological polar surface area (TPSA) is 433 Å². The molecule has 572 valence electrons. The highest BCUT2D eigenvalue weighted by molar-refractivity contribution is 7.18. The number of anilines is 4. The van der Waals surface area contributed by atoms with Crippen molar-refractivity contribution in [2.45, 2.75) is 61.6 Å². The molecule has 0 aliphatic carbocycles. The number of nitrogens with one attached hydrogen (secondary N) is 8. The molecule has 0 saturated heterocycles. The predicted octanol–water partition coefficient (Wildman–Crippen LogP) is 13.9. The Bertz CT molecular complexity index is 4760. The van der Waals surface area contributed by atoms with Gasteiger partial charge in [0, 0.05) is 35.9 Å². The number of aromatic nitrogens is 8. The molecule has 0 atom stereocenters. The summed E-state index contributed by atoms with van der Waals surface area (Å²) < 4.78 is 57.6. The molecular formula is C68H61F3N16O16S7. The van der Waals surface area contributed by atoms with E-state index >= 15 is 0 Å². The number of hydrogen-bond donors (Lipinski definition) is 8. The van der Waals surface area contributed by atoms with E-state index in [-0.39, 0.29) is 76.2 Å². The van der Waals surface area contributed by atoms with Crippen LogP contribution in [-0.4, -0.2) is 138 Å². The van der Waals surface area contributed by atoms with Gasteiger partial charge in [-0.1, -0.05) is 18.2 Å². The number of rotatable bonds is 19. The van der Waals surface area contributed by atoms with Gasteiger partial charge in [0.25, 0.3) is 47.3 Å². The van der Waals surface area contributed by atoms with E-state index < -0.39 is 76.6 Å². The van der Waals surface area contributed by atoms with Gasteiger partial charge in [-0.05, 0) is 138 Å². The number of ether oxygens (including phenoxy) is 4. The van der Waals surface area contributed by atoms with E-state index in [0.717, 1.165) is 39.5 Å². The molecule has 10 aromatic heterocycles. The fourth-order valence-corrected chi connectivity index (χ4v) is 14.6. The molecule has 8 N–H and O–H groups in total. The smallest absolute Gasteiger partial charge is 0.435 e. The molecule has 0 spiro atoms. The largest absolute Gasteiger partial charge is 0.450 e. The number of carbonyl (C=O) groups excluding carboxylic acids is 12. The van der Waals surface area contributed by atoms with Gasteiger partial charge in [0.05, 0.1) is 76.5 Å². The second-order valence-corrected chi connectivity index (χ2v) is 28.0. The number of para-hydroxylation sites is 1. The summed E-state index contributed by atoms with van der Waals surface area (Å²) in [5.74, 6) is -5.11. The molecule has 0 saturated carbocycles. The van der Waals surface area contributed by atoms with Gasteiger partial charge in [0.2, 0.25) is 0 Å². The van der Waals surface area contributed by atoms with Crippen LogP contribution in [0.5, 0.6) is 0 Å². The van der Waals surface area contributed by atoms with Crippen molar-refractivity contribution in [2.24, 2.45) is 0 Å². The molecule has 42 heteroatoms. The van der Waals surface area contributed by atoms with Crippen molar-refractivity contribution in [2.75, 3.05) is 47.7 Å². The van der Waals surface area contributed by atoms with Gasteiger partial charge in [0.1, 0.15) is 44.7 Å². The third kappa shape index (κ3) is 22.9. The predicted molar refractivity (Wildman–Crippen MR) is 405 cm³/mol. The molecule has 0 unspecified atom stereocenters. The maximum atomic E-state index is 13.0. The standard InChI is InChI=1S/C18H17N5O4S.2C18H16N4O4S2.C14H12F3N3O4S2/c1-3-27-18(26)20-15(24)13-9-10-28-17(13)19-16(25)14-11(2)21-23(22-14)12-7-5-4-6-8-12;1-3-26-18(25)22-14(23)12-6-9-27-17(12)21-15(24)13-10(2)20-16(28-13)11-4-7-19-8-5-11;1-3-26-18(25)22-14(23)12-6-8-27-17(12)21-15(24)13-10(2)20-16(28-13)11-5-4-7-19-9-11;1-3-24-13(23)20-10(21)7-4-5-25-12(7)19-11(22)8-9(14(15,16)17)18-6(2)26-8/h4-10H,3H2,1-2H3,(H,19,25)(H,20,24,26);2*4-9H,3H2,1-2H3,(H,21,24)(H,22,23,25);4-5H,3H2,1-2H3,(H,19,22)(H,20,21,23). The summed E-state index contributed by atoms with van der Waals surface area (Å²) in [5, 5.41) is 35.9. The first-order chi connectivity index (χ1) is 52.6. The summed E-state index contributed by atoms with van der Waals surface area (Å²) in [7, 11) is 0. The number of benzene rings is 1. The number of hydrogen-bond acceptors (Lipinski definition) is 30. The first-order valence-electron chi connectivity index (χ1n) is 31.9. The van der Waals surface area contributed by atoms with Crippen LogP contribution >= 0.6 is 79.4 Å². The zero-order valence-corrected chi connectivity index (χ0v) is 64.3. The van der Waals surface area contributed by atoms with Crippen LogP contribution in [0, 0.1) is 27.7 Å². The number of alkyl halides is 3. The number of alkyl carbamates (subject to hydrolysis) is 4. The van der Waals surface area contributed by atoms with Gasteiger partial charge >= 0.3 is 30.5 Å². The zero-order chi connectivity index (χ0) is 79.8. The Morgan fingerprint density at radius 3 is 1.18 bits per heavy atom. The molecule has 0 radical (unpaired) electrons. The molecule has 0 fully saturated rings. The Hall–Kier alpha value is -12.2. The van der Waals surface area contributed by atoms with Crippen molar-refractivity contribution in [1.82, 2.24) is 61.2 Å². The molecule has 110 heavy (non-hydrogen) atoms. The van der Waals surface area contributed by atoms with E-state index in [1.54, 1.807) is 95.5 Å². The number of aryl methyl sites for hydroxylation is 4. The first-order valence-corrected chi connectivity index (χ1v) is 37.9. The van der Waals surface area contributed by atoms with Crippen molar-refractivity contribution >= 4 is 171 Å². The lowest BCUT2D eigenvalue weighted by molar-refractivity contribution is -0.141. The number of thiazole rings is 3. The van der Waals surface area contributed by atoms with E-state index in [0.29, 0.717) is 63.2 Å². The Balaban J connectivity index is 0.000000184. The molecule has 11 rings (SSSR count). The van der Waals surface area contributed by atoms with Crippen LogP contribution in [0.3, 0.4) is 0 Å². The van der Waals surface area contributed by atoms with Gasteiger partial charge < -0.3 is 40.2 Å². The van der Waals surface area contributed by atoms with E-state index in [2.05, 4.69) is 81.8 Å². The summed E-state index contributed by atoms with van der Waals surface area (Å²) in [5.41, 5.74) is 3.30. The summed E-state index contributed by atoms with van der Waals surface area (Å²) >= 11 is 7.51. The van der Waals surface area contributed by atoms with Gasteiger partial charge in [-0.25, -0.2) is 34.1 Å². The molecule has 0 bridgehead atoms. The number of nitrogens with zero attached hydrogens (tertiary/aromatic N) is 8. The Morgan fingerprint density at radius 2 is 0.800 bits per heavy atom. The minimum Gasteiger partial charge on any atom is -0.450 e. The van der Waals surface area contributed by atoms with Crippen molar-refractivity contribution in [3.63, 3.8) is 0 Å². The molecule has 32 nitrogen and oxygen atoms in total. The number of pyridine rings is 2. The normalized spacial score (nSPS) is 10.5. The maximum absolute atomic E-state index is 13.0. The summed E-state index contributed by atoms with van der Waals surface area (Å²) in [6, 6.07) is 22.3. The fourth-order valence-electron chi connectivity index (χ4n) is 8.77. The molecule has 12 amide bonds. The summed E-state index contributed by atoms with van der Waals surface area (Å²) in [4.78, 5) is 166. The average molecular weight is 1640 g/mol. The fraction of sp³-hybridized carbons (Fsp3) is 0.191. The SMILES string of the molecule is CCOC(=O)NC(=O)c1ccsc1NC(=O)c1nn(-c2ccccc2)nc1C.CCOC(=O)NC(=O)c1ccsc1NC(=O)c1sc(-c2cccnc2)nc1C.CCOC(=O)NC(=O)c1ccsc1NC(=O)c1sc(-c2ccncc2)nc1C.CCOC(=O)NC(=O)c1ccsc1NC(=O)c1sc(C)nc1C(F)(F)F. The van der Waals surface area contributed by atoms with E-state index in [1.165, 1.54) is 86.7 Å². The van der Waals surface area contributed by atoms with Crippen molar-refractivity contribution < 1.29 is 89.7 Å². The van der Waals surface area contributed by atoms with E-state index in [9.17, 15) is 70.7 Å². The lowest BCUT2D eigenvalue weighted by atomic mass is 10.3. The maximum Gasteiger partial charge on any atom is 0.435 e. The highest BCUT2D eigenvalue weighted by Crippen LogP contribution is 2.37. The number of carbonyl (C=O) groups is 12. The van der Waals surface area contributed by atoms with Gasteiger partial charge in [0.15, 0.2) is 11.4 Å². The molecule has 10 heterocycles. The highest BCUT2D eigenvalue weighted by Gasteiger charge is 2.40. The van der Waals surface area contributed by atoms with Gasteiger partial charge in [-0.2, -0.15) is 23.1 Å². The van der Waals surface area contributed by atoms with Gasteiger partial charge in [-0.3, -0.25) is 69.6 Å². The van der Waals surface area contributed by atoms with Crippen molar-refractivity contribution in [3.8, 4) is 26.8 Å². The lowest BCUT2D eigenvalue weighted by Crippen LogP contribution is -2.31. The van der Waals surface area contributed by atoms with Crippen LogP contribution in [0.4, 0.5) is 52.4 Å². The summed E-state index contributed by atoms with van der Waals surface area (Å²) in [6.07, 6.45) is -1.62. The van der Waals surface area contributed by atoms with Crippen LogP contribution < -0.4 is 42.5 Å². The average Bonchev–Trinajstić information content (AvgIpc) is 1.67. The van der Waals surface area contributed by atoms with Crippen LogP contribution in [0.1, 0.15) is 136 Å². The van der Waals surface area contributed by atoms with Gasteiger partial charge in [-0.15, -0.1) is 84.5 Å². The molecule has 1 aromatic carbocycles. The zero-order valence-electron chi connectivity index (χ0n) is 58.6. The highest BCUT2D eigenvalue weighted by atomic mass is 32.1. The summed E-state index contributed by atoms with van der Waals surface area (Å²) in [6.45, 7) is 13.5. The van der Waals surface area contributed by atoms with Crippen molar-refractivity contribution in [1.29, 1.82) is 0 Å². The minimum absolute atomic E-state index is 0.00373. The minimum atomic E-state index is -4.78. The number of imide groups is 4. The van der Waals surface area contributed by atoms with E-state index in [1.807, 2.05) is 53.8 Å². The van der Waals surface area contributed by atoms with Crippen LogP contribution in [0.25, 0.3) is 26.8 Å². The Morgan fingerprint density at radius 1 is 0.409 bits per heavy atom. The number of thiophene rings is 4. The third-order valence-corrected chi connectivity index (χ3v) is 20.2. The van der Waals surface area contributed by atoms with Crippen molar-refractivity contribution in [3.05, 3.63) is 196 Å². The monoisotopic (exact) mass is 1640 g/mol. The molecule has 0 aliphatic rings. The first kappa shape index (κ1) is 83.4. The number of halogens is 3. The van der Waals surface area contributed by atoms with Crippen LogP contribution in [0.2, 0.25) is 0 Å². The quantitative estimate of drug-likeness (QED) is 0.0349.